The Kier molecular flexibility index (Phi) is 18.4. The van der Waals surface area contributed by atoms with E-state index >= 15 is 0 Å². The summed E-state index contributed by atoms with van der Waals surface area (Å²) in [4.78, 5) is 72.7. The SMILES string of the molecule is CC(C)(C)CN(CC(=O)OC(C)(C)C)c1ccc(N2CCCC2)cc1OCCOc1cc([N+](=O)[O-])c(CO)cc1N(CC(=O)OC(C)(C)C)CC(=O)OC(C)(C)C.O=C=O. The van der Waals surface area contributed by atoms with E-state index in [4.69, 9.17) is 33.3 Å². The number of esters is 3. The molecular weight excluding hydrogens is 780 g/mol. The van der Waals surface area contributed by atoms with Crippen molar-refractivity contribution >= 4 is 46.8 Å². The molecule has 1 aliphatic rings. The Balaban J connectivity index is 0.00000401. The Morgan fingerprint density at radius 2 is 1.15 bits per heavy atom. The monoisotopic (exact) mass is 844 g/mol. The Morgan fingerprint density at radius 3 is 1.55 bits per heavy atom. The van der Waals surface area contributed by atoms with Gasteiger partial charge in [0, 0.05) is 31.4 Å². The number of nitro benzene ring substituents is 1. The van der Waals surface area contributed by atoms with Gasteiger partial charge in [-0.1, -0.05) is 20.8 Å². The summed E-state index contributed by atoms with van der Waals surface area (Å²) in [5.74, 6) is -1.23. The van der Waals surface area contributed by atoms with Crippen LogP contribution in [0, 0.1) is 15.5 Å². The molecule has 1 heterocycles. The number of ether oxygens (including phenoxy) is 5. The highest BCUT2D eigenvalue weighted by atomic mass is 16.6. The van der Waals surface area contributed by atoms with Gasteiger partial charge in [0.1, 0.15) is 61.2 Å². The van der Waals surface area contributed by atoms with E-state index in [2.05, 4.69) is 25.7 Å². The lowest BCUT2D eigenvalue weighted by Gasteiger charge is -2.33. The molecule has 60 heavy (non-hydrogen) atoms. The van der Waals surface area contributed by atoms with Crippen LogP contribution in [0.1, 0.15) is 101 Å². The standard InChI is InChI=1S/C42H64N4O11.CO2/c1-39(2,3)28-45(26-38(50)57-42(10,11)12)31-16-15-30(43-17-13-14-18-43)22-34(31)53-19-20-54-35-23-32(46(51)52)29(27-47)21-33(35)44(24-36(48)55-40(4,5)6)25-37(49)56-41(7,8)9;2-1-3/h15-16,21-23,47H,13-14,17-20,24-28H2,1-12H3;. The first kappa shape index (κ1) is 50.7. The summed E-state index contributed by atoms with van der Waals surface area (Å²) in [6.45, 7) is 22.6. The van der Waals surface area contributed by atoms with E-state index in [0.29, 0.717) is 18.0 Å². The van der Waals surface area contributed by atoms with E-state index in [0.717, 1.165) is 37.7 Å². The maximum atomic E-state index is 13.2. The third-order valence-corrected chi connectivity index (χ3v) is 8.11. The fraction of sp³-hybridized carbons (Fsp3) is 0.628. The van der Waals surface area contributed by atoms with Crippen molar-refractivity contribution in [1.29, 1.82) is 0 Å². The van der Waals surface area contributed by atoms with Crippen molar-refractivity contribution in [2.75, 3.05) is 67.2 Å². The molecule has 2 aromatic carbocycles. The predicted molar refractivity (Wildman–Crippen MR) is 224 cm³/mol. The minimum absolute atomic E-state index is 0.0141. The molecule has 0 atom stereocenters. The highest BCUT2D eigenvalue weighted by molar-refractivity contribution is 5.84. The number of anilines is 3. The molecule has 0 aromatic heterocycles. The van der Waals surface area contributed by atoms with Crippen molar-refractivity contribution in [3.8, 4) is 11.5 Å². The lowest BCUT2D eigenvalue weighted by atomic mass is 9.95. The van der Waals surface area contributed by atoms with E-state index in [1.807, 2.05) is 43.9 Å². The zero-order valence-electron chi connectivity index (χ0n) is 37.3. The minimum Gasteiger partial charge on any atom is -0.488 e. The molecule has 0 spiro atoms. The maximum absolute atomic E-state index is 13.2. The topological polar surface area (TPSA) is 205 Å². The first-order valence-corrected chi connectivity index (χ1v) is 19.9. The number of aliphatic hydroxyl groups excluding tert-OH is 1. The van der Waals surface area contributed by atoms with Crippen LogP contribution in [-0.4, -0.2) is 103 Å². The second-order valence-corrected chi connectivity index (χ2v) is 18.5. The number of carbonyl (C=O) groups excluding carboxylic acids is 5. The molecule has 0 unspecified atom stereocenters. The van der Waals surface area contributed by atoms with Crippen molar-refractivity contribution in [3.63, 3.8) is 0 Å². The summed E-state index contributed by atoms with van der Waals surface area (Å²) in [5, 5.41) is 22.2. The molecular formula is C43H64N4O13. The van der Waals surface area contributed by atoms with Crippen LogP contribution in [0.15, 0.2) is 30.3 Å². The largest absolute Gasteiger partial charge is 0.488 e. The number of nitro groups is 1. The van der Waals surface area contributed by atoms with E-state index in [-0.39, 0.29) is 54.3 Å². The zero-order chi connectivity index (χ0) is 45.6. The molecule has 1 aliphatic heterocycles. The number of aliphatic hydroxyl groups is 1. The quantitative estimate of drug-likeness (QED) is 0.0615. The smallest absolute Gasteiger partial charge is 0.373 e. The molecule has 17 nitrogen and oxygen atoms in total. The molecule has 2 aromatic rings. The van der Waals surface area contributed by atoms with Crippen LogP contribution in [0.4, 0.5) is 22.7 Å². The van der Waals surface area contributed by atoms with Gasteiger partial charge in [-0.15, -0.1) is 0 Å². The van der Waals surface area contributed by atoms with E-state index in [1.165, 1.54) is 11.0 Å². The second-order valence-electron chi connectivity index (χ2n) is 18.5. The van der Waals surface area contributed by atoms with Gasteiger partial charge in [-0.25, -0.2) is 0 Å². The van der Waals surface area contributed by atoms with Crippen LogP contribution >= 0.6 is 0 Å². The van der Waals surface area contributed by atoms with Crippen molar-refractivity contribution in [3.05, 3.63) is 46.0 Å². The lowest BCUT2D eigenvalue weighted by Crippen LogP contribution is -2.40. The lowest BCUT2D eigenvalue weighted by molar-refractivity contribution is -0.385. The number of carbonyl (C=O) groups is 3. The van der Waals surface area contributed by atoms with Gasteiger partial charge in [-0.05, 0) is 98.8 Å². The summed E-state index contributed by atoms with van der Waals surface area (Å²) in [6.07, 6.45) is 2.39. The minimum atomic E-state index is -0.836. The molecule has 1 saturated heterocycles. The van der Waals surface area contributed by atoms with Crippen molar-refractivity contribution < 1.29 is 57.7 Å². The Bertz CT molecular complexity index is 1780. The van der Waals surface area contributed by atoms with Gasteiger partial charge in [0.15, 0.2) is 0 Å². The summed E-state index contributed by atoms with van der Waals surface area (Å²) in [5.41, 5.74) is -1.22. The summed E-state index contributed by atoms with van der Waals surface area (Å²) in [7, 11) is 0. The molecule has 0 aliphatic carbocycles. The van der Waals surface area contributed by atoms with Crippen LogP contribution in [0.25, 0.3) is 0 Å². The van der Waals surface area contributed by atoms with Crippen molar-refractivity contribution in [2.24, 2.45) is 5.41 Å². The number of rotatable bonds is 17. The average Bonchev–Trinajstić information content (AvgIpc) is 3.62. The first-order valence-electron chi connectivity index (χ1n) is 19.9. The summed E-state index contributed by atoms with van der Waals surface area (Å²) >= 11 is 0. The molecule has 0 bridgehead atoms. The summed E-state index contributed by atoms with van der Waals surface area (Å²) in [6, 6.07) is 8.39. The third-order valence-electron chi connectivity index (χ3n) is 8.11. The molecule has 0 radical (unpaired) electrons. The average molecular weight is 845 g/mol. The van der Waals surface area contributed by atoms with Gasteiger partial charge in [0.05, 0.1) is 34.5 Å². The highest BCUT2D eigenvalue weighted by Crippen LogP contribution is 2.38. The van der Waals surface area contributed by atoms with Crippen LogP contribution in [0.2, 0.25) is 0 Å². The Labute approximate surface area is 353 Å². The van der Waals surface area contributed by atoms with Gasteiger partial charge in [0.25, 0.3) is 5.69 Å². The van der Waals surface area contributed by atoms with E-state index in [1.54, 1.807) is 41.5 Å². The Hall–Kier alpha value is -5.41. The predicted octanol–water partition coefficient (Wildman–Crippen LogP) is 6.25. The third kappa shape index (κ3) is 18.2. The first-order chi connectivity index (χ1) is 27.6. The van der Waals surface area contributed by atoms with Crippen molar-refractivity contribution in [1.82, 2.24) is 0 Å². The zero-order valence-corrected chi connectivity index (χ0v) is 37.3. The summed E-state index contributed by atoms with van der Waals surface area (Å²) < 4.78 is 29.4. The number of nitrogens with zero attached hydrogens (tertiary/aromatic N) is 4. The fourth-order valence-corrected chi connectivity index (χ4v) is 6.23. The fourth-order valence-electron chi connectivity index (χ4n) is 6.23. The molecule has 0 amide bonds. The van der Waals surface area contributed by atoms with E-state index < -0.39 is 59.0 Å². The Morgan fingerprint density at radius 1 is 0.717 bits per heavy atom. The van der Waals surface area contributed by atoms with E-state index in [9.17, 15) is 29.6 Å². The van der Waals surface area contributed by atoms with Gasteiger partial charge in [-0.2, -0.15) is 9.59 Å². The van der Waals surface area contributed by atoms with Crippen molar-refractivity contribution in [2.45, 2.75) is 119 Å². The van der Waals surface area contributed by atoms with Gasteiger partial charge < -0.3 is 43.5 Å². The molecule has 17 heteroatoms. The highest BCUT2D eigenvalue weighted by Gasteiger charge is 2.30. The van der Waals surface area contributed by atoms with Crippen LogP contribution in [0.3, 0.4) is 0 Å². The normalized spacial score (nSPS) is 13.0. The maximum Gasteiger partial charge on any atom is 0.373 e. The number of hydrogen-bond donors (Lipinski definition) is 1. The molecule has 334 valence electrons. The van der Waals surface area contributed by atoms with Gasteiger partial charge in [-0.3, -0.25) is 24.5 Å². The molecule has 1 N–H and O–H groups in total. The molecule has 0 saturated carbocycles. The second kappa shape index (κ2) is 21.7. The van der Waals surface area contributed by atoms with Gasteiger partial charge >= 0.3 is 24.1 Å². The molecule has 1 fully saturated rings. The van der Waals surface area contributed by atoms with Crippen LogP contribution in [0.5, 0.6) is 11.5 Å². The van der Waals surface area contributed by atoms with Crippen LogP contribution < -0.4 is 24.2 Å². The number of hydrogen-bond acceptors (Lipinski definition) is 16. The van der Waals surface area contributed by atoms with Crippen LogP contribution in [-0.2, 0) is 44.8 Å². The number of benzene rings is 2. The molecule has 3 rings (SSSR count). The van der Waals surface area contributed by atoms with Gasteiger partial charge in [0.2, 0.25) is 0 Å².